The lowest BCUT2D eigenvalue weighted by molar-refractivity contribution is -0.384. The van der Waals surface area contributed by atoms with Crippen molar-refractivity contribution in [3.63, 3.8) is 0 Å². The molecule has 1 aromatic carbocycles. The molecule has 0 spiro atoms. The molecule has 1 aliphatic heterocycles. The van der Waals surface area contributed by atoms with Crippen LogP contribution in [0.5, 0.6) is 0 Å². The van der Waals surface area contributed by atoms with Crippen LogP contribution in [0.3, 0.4) is 0 Å². The van der Waals surface area contributed by atoms with Gasteiger partial charge in [-0.2, -0.15) is 0 Å². The zero-order valence-corrected chi connectivity index (χ0v) is 12.6. The molecule has 0 saturated carbocycles. The van der Waals surface area contributed by atoms with Gasteiger partial charge in [-0.1, -0.05) is 18.5 Å². The molecule has 0 bridgehead atoms. The van der Waals surface area contributed by atoms with Gasteiger partial charge in [0.2, 0.25) is 0 Å². The van der Waals surface area contributed by atoms with Gasteiger partial charge in [0.25, 0.3) is 11.6 Å². The number of halogens is 1. The first kappa shape index (κ1) is 15.7. The van der Waals surface area contributed by atoms with Crippen LogP contribution in [0.15, 0.2) is 18.2 Å². The van der Waals surface area contributed by atoms with Crippen LogP contribution in [0.1, 0.15) is 30.1 Å². The Morgan fingerprint density at radius 3 is 2.95 bits per heavy atom. The molecule has 1 saturated heterocycles. The van der Waals surface area contributed by atoms with Gasteiger partial charge in [0.15, 0.2) is 0 Å². The molecular formula is C14H18ClN3O3. The lowest BCUT2D eigenvalue weighted by Crippen LogP contribution is -2.47. The van der Waals surface area contributed by atoms with E-state index in [9.17, 15) is 14.9 Å². The van der Waals surface area contributed by atoms with Crippen LogP contribution in [-0.2, 0) is 0 Å². The quantitative estimate of drug-likeness (QED) is 0.684. The predicted molar refractivity (Wildman–Crippen MR) is 80.7 cm³/mol. The Balaban J connectivity index is 2.05. The molecule has 1 amide bonds. The Morgan fingerprint density at radius 1 is 1.57 bits per heavy atom. The van der Waals surface area contributed by atoms with E-state index in [0.717, 1.165) is 32.5 Å². The molecule has 114 valence electrons. The molecule has 21 heavy (non-hydrogen) atoms. The molecule has 0 radical (unpaired) electrons. The van der Waals surface area contributed by atoms with Crippen LogP contribution in [0.2, 0.25) is 5.02 Å². The summed E-state index contributed by atoms with van der Waals surface area (Å²) in [4.78, 5) is 24.6. The fraction of sp³-hybridized carbons (Fsp3) is 0.500. The van der Waals surface area contributed by atoms with Crippen molar-refractivity contribution in [1.29, 1.82) is 0 Å². The molecule has 1 fully saturated rings. The normalized spacial score (nSPS) is 19.2. The first-order valence-electron chi connectivity index (χ1n) is 6.98. The molecule has 1 aliphatic rings. The highest BCUT2D eigenvalue weighted by atomic mass is 35.5. The van der Waals surface area contributed by atoms with E-state index >= 15 is 0 Å². The minimum absolute atomic E-state index is 0.0949. The first-order chi connectivity index (χ1) is 10.0. The van der Waals surface area contributed by atoms with E-state index in [-0.39, 0.29) is 28.2 Å². The number of non-ortho nitro benzene ring substituents is 1. The Kier molecular flexibility index (Phi) is 5.14. The van der Waals surface area contributed by atoms with Crippen LogP contribution in [-0.4, -0.2) is 41.4 Å². The second-order valence-electron chi connectivity index (χ2n) is 5.13. The average molecular weight is 312 g/mol. The van der Waals surface area contributed by atoms with Crippen molar-refractivity contribution in [1.82, 2.24) is 10.2 Å². The van der Waals surface area contributed by atoms with Gasteiger partial charge in [0, 0.05) is 24.7 Å². The van der Waals surface area contributed by atoms with Gasteiger partial charge in [-0.3, -0.25) is 14.9 Å². The molecule has 1 atom stereocenters. The second kappa shape index (κ2) is 6.87. The van der Waals surface area contributed by atoms with E-state index in [0.29, 0.717) is 0 Å². The van der Waals surface area contributed by atoms with Crippen molar-refractivity contribution in [2.24, 2.45) is 0 Å². The number of likely N-dealkylation sites (tertiary alicyclic amines) is 1. The summed E-state index contributed by atoms with van der Waals surface area (Å²) in [5, 5.41) is 13.7. The summed E-state index contributed by atoms with van der Waals surface area (Å²) in [7, 11) is 0. The van der Waals surface area contributed by atoms with E-state index in [1.165, 1.54) is 18.2 Å². The number of nitrogens with one attached hydrogen (secondary N) is 1. The Bertz CT molecular complexity index is 550. The van der Waals surface area contributed by atoms with Crippen molar-refractivity contribution >= 4 is 23.2 Å². The van der Waals surface area contributed by atoms with E-state index in [1.54, 1.807) is 0 Å². The Labute approximate surface area is 128 Å². The van der Waals surface area contributed by atoms with Crippen molar-refractivity contribution in [3.8, 4) is 0 Å². The van der Waals surface area contributed by atoms with Crippen molar-refractivity contribution in [3.05, 3.63) is 38.9 Å². The molecule has 1 N–H and O–H groups in total. The molecule has 0 aromatic heterocycles. The highest BCUT2D eigenvalue weighted by molar-refractivity contribution is 6.34. The number of amides is 1. The predicted octanol–water partition coefficient (Wildman–Crippen LogP) is 2.46. The average Bonchev–Trinajstić information content (AvgIpc) is 2.47. The van der Waals surface area contributed by atoms with Crippen LogP contribution in [0.25, 0.3) is 0 Å². The van der Waals surface area contributed by atoms with Gasteiger partial charge in [-0.15, -0.1) is 0 Å². The summed E-state index contributed by atoms with van der Waals surface area (Å²) in [5.41, 5.74) is 0.155. The van der Waals surface area contributed by atoms with E-state index in [2.05, 4.69) is 17.1 Å². The topological polar surface area (TPSA) is 75.5 Å². The third kappa shape index (κ3) is 3.92. The zero-order valence-electron chi connectivity index (χ0n) is 11.8. The molecule has 7 heteroatoms. The summed E-state index contributed by atoms with van der Waals surface area (Å²) in [6, 6.07) is 3.99. The Morgan fingerprint density at radius 2 is 2.33 bits per heavy atom. The van der Waals surface area contributed by atoms with Crippen LogP contribution < -0.4 is 5.32 Å². The van der Waals surface area contributed by atoms with Crippen LogP contribution in [0.4, 0.5) is 5.69 Å². The van der Waals surface area contributed by atoms with E-state index in [1.807, 2.05) is 0 Å². The van der Waals surface area contributed by atoms with Crippen molar-refractivity contribution in [2.75, 3.05) is 19.6 Å². The SMILES string of the molecule is CCN1CCCC(NC(=O)c2ccc([N+](=O)[O-])cc2Cl)C1. The van der Waals surface area contributed by atoms with Gasteiger partial charge in [-0.05, 0) is 32.0 Å². The van der Waals surface area contributed by atoms with Gasteiger partial charge in [-0.25, -0.2) is 0 Å². The number of hydrogen-bond donors (Lipinski definition) is 1. The zero-order chi connectivity index (χ0) is 15.4. The molecular weight excluding hydrogens is 294 g/mol. The number of rotatable bonds is 4. The van der Waals surface area contributed by atoms with E-state index < -0.39 is 4.92 Å². The maximum Gasteiger partial charge on any atom is 0.270 e. The van der Waals surface area contributed by atoms with Gasteiger partial charge >= 0.3 is 0 Å². The van der Waals surface area contributed by atoms with Gasteiger partial charge in [0.1, 0.15) is 0 Å². The minimum atomic E-state index is -0.534. The van der Waals surface area contributed by atoms with Crippen LogP contribution >= 0.6 is 11.6 Å². The standard InChI is InChI=1S/C14H18ClN3O3/c1-2-17-7-3-4-10(9-17)16-14(19)12-6-5-11(18(20)21)8-13(12)15/h5-6,8,10H,2-4,7,9H2,1H3,(H,16,19). The van der Waals surface area contributed by atoms with Crippen molar-refractivity contribution < 1.29 is 9.72 Å². The number of nitro groups is 1. The minimum Gasteiger partial charge on any atom is -0.348 e. The van der Waals surface area contributed by atoms with Crippen molar-refractivity contribution in [2.45, 2.75) is 25.8 Å². The highest BCUT2D eigenvalue weighted by Crippen LogP contribution is 2.22. The number of benzene rings is 1. The monoisotopic (exact) mass is 311 g/mol. The molecule has 1 unspecified atom stereocenters. The summed E-state index contributed by atoms with van der Waals surface area (Å²) >= 11 is 5.97. The summed E-state index contributed by atoms with van der Waals surface area (Å²) in [5.74, 6) is -0.280. The fourth-order valence-electron chi connectivity index (χ4n) is 2.53. The lowest BCUT2D eigenvalue weighted by atomic mass is 10.0. The summed E-state index contributed by atoms with van der Waals surface area (Å²) in [6.07, 6.45) is 1.99. The maximum atomic E-state index is 12.2. The fourth-order valence-corrected chi connectivity index (χ4v) is 2.79. The molecule has 1 heterocycles. The lowest BCUT2D eigenvalue weighted by Gasteiger charge is -2.32. The third-order valence-corrected chi connectivity index (χ3v) is 4.01. The van der Waals surface area contributed by atoms with Crippen LogP contribution in [0, 0.1) is 10.1 Å². The van der Waals surface area contributed by atoms with E-state index in [4.69, 9.17) is 11.6 Å². The number of nitrogens with zero attached hydrogens (tertiary/aromatic N) is 2. The highest BCUT2D eigenvalue weighted by Gasteiger charge is 2.22. The number of piperidine rings is 1. The van der Waals surface area contributed by atoms with Gasteiger partial charge in [0.05, 0.1) is 15.5 Å². The number of nitro benzene ring substituents is 1. The molecule has 6 nitrogen and oxygen atoms in total. The second-order valence-corrected chi connectivity index (χ2v) is 5.53. The molecule has 0 aliphatic carbocycles. The maximum absolute atomic E-state index is 12.2. The molecule has 1 aromatic rings. The smallest absolute Gasteiger partial charge is 0.270 e. The Hall–Kier alpha value is -1.66. The summed E-state index contributed by atoms with van der Waals surface area (Å²) in [6.45, 7) is 4.94. The largest absolute Gasteiger partial charge is 0.348 e. The number of likely N-dealkylation sites (N-methyl/N-ethyl adjacent to an activating group) is 1. The summed E-state index contributed by atoms with van der Waals surface area (Å²) < 4.78 is 0. The molecule has 2 rings (SSSR count). The number of carbonyl (C=O) groups is 1. The third-order valence-electron chi connectivity index (χ3n) is 3.70. The number of carbonyl (C=O) groups excluding carboxylic acids is 1. The van der Waals surface area contributed by atoms with Gasteiger partial charge < -0.3 is 10.2 Å². The first-order valence-corrected chi connectivity index (χ1v) is 7.36. The number of hydrogen-bond acceptors (Lipinski definition) is 4.